The highest BCUT2D eigenvalue weighted by Crippen LogP contribution is 2.23. The largest absolute Gasteiger partial charge is 0.455 e. The van der Waals surface area contributed by atoms with Crippen molar-refractivity contribution in [3.63, 3.8) is 0 Å². The van der Waals surface area contributed by atoms with Gasteiger partial charge < -0.3 is 19.4 Å². The third-order valence-electron chi connectivity index (χ3n) is 3.73. The van der Waals surface area contributed by atoms with Gasteiger partial charge in [-0.05, 0) is 32.9 Å². The molecule has 8 heteroatoms. The van der Waals surface area contributed by atoms with Crippen molar-refractivity contribution in [2.24, 2.45) is 0 Å². The molecular weight excluding hydrogens is 352 g/mol. The summed E-state index contributed by atoms with van der Waals surface area (Å²) in [5.41, 5.74) is 0.932. The van der Waals surface area contributed by atoms with Crippen LogP contribution in [0.1, 0.15) is 35.9 Å². The number of carbonyl (C=O) groups excluding carboxylic acids is 1. The van der Waals surface area contributed by atoms with Gasteiger partial charge in [0.2, 0.25) is 0 Å². The maximum absolute atomic E-state index is 11.9. The molecule has 2 rings (SSSR count). The highest BCUT2D eigenvalue weighted by molar-refractivity contribution is 7.98. The standard InChI is InChI=1S/C18H26N4O3S/c1-5-22(6-2)16-11-13(3)20-18(21-16)26-12-14-7-8-15(25-14)17(23)19-9-10-24-4/h7-8,11H,5-6,9-10,12H2,1-4H3,(H,19,23). The van der Waals surface area contributed by atoms with Gasteiger partial charge in [0.25, 0.3) is 5.91 Å². The lowest BCUT2D eigenvalue weighted by molar-refractivity contribution is 0.0908. The molecule has 2 aromatic rings. The molecule has 0 aromatic carbocycles. The van der Waals surface area contributed by atoms with Crippen LogP contribution >= 0.6 is 11.8 Å². The molecule has 0 spiro atoms. The van der Waals surface area contributed by atoms with Crippen LogP contribution in [0.2, 0.25) is 0 Å². The SMILES string of the molecule is CCN(CC)c1cc(C)nc(SCc2ccc(C(=O)NCCOC)o2)n1. The Morgan fingerprint density at radius 2 is 2.08 bits per heavy atom. The molecule has 0 saturated carbocycles. The van der Waals surface area contributed by atoms with Crippen LogP contribution < -0.4 is 10.2 Å². The fourth-order valence-electron chi connectivity index (χ4n) is 2.37. The Morgan fingerprint density at radius 1 is 1.31 bits per heavy atom. The van der Waals surface area contributed by atoms with Crippen molar-refractivity contribution < 1.29 is 13.9 Å². The second-order valence-electron chi connectivity index (χ2n) is 5.63. The first-order valence-corrected chi connectivity index (χ1v) is 9.65. The summed E-state index contributed by atoms with van der Waals surface area (Å²) in [6.07, 6.45) is 0. The van der Waals surface area contributed by atoms with Gasteiger partial charge in [-0.1, -0.05) is 11.8 Å². The monoisotopic (exact) mass is 378 g/mol. The first-order valence-electron chi connectivity index (χ1n) is 8.66. The number of amides is 1. The second kappa shape index (κ2) is 10.2. The number of rotatable bonds is 10. The molecule has 0 atom stereocenters. The summed E-state index contributed by atoms with van der Waals surface area (Å²) in [5, 5.41) is 3.44. The van der Waals surface area contributed by atoms with Crippen LogP contribution in [-0.4, -0.2) is 49.2 Å². The number of aryl methyl sites for hydroxylation is 1. The number of hydrogen-bond acceptors (Lipinski definition) is 7. The molecule has 26 heavy (non-hydrogen) atoms. The van der Waals surface area contributed by atoms with Crippen molar-refractivity contribution in [2.45, 2.75) is 31.7 Å². The first kappa shape index (κ1) is 20.3. The van der Waals surface area contributed by atoms with E-state index in [1.165, 1.54) is 11.8 Å². The van der Waals surface area contributed by atoms with Crippen molar-refractivity contribution in [2.75, 3.05) is 38.3 Å². The number of aromatic nitrogens is 2. The van der Waals surface area contributed by atoms with Crippen molar-refractivity contribution in [3.8, 4) is 0 Å². The summed E-state index contributed by atoms with van der Waals surface area (Å²) in [4.78, 5) is 23.2. The van der Waals surface area contributed by atoms with Crippen LogP contribution in [0, 0.1) is 6.92 Å². The van der Waals surface area contributed by atoms with Gasteiger partial charge in [-0.2, -0.15) is 0 Å². The zero-order chi connectivity index (χ0) is 18.9. The molecule has 1 N–H and O–H groups in total. The zero-order valence-electron chi connectivity index (χ0n) is 15.7. The van der Waals surface area contributed by atoms with Gasteiger partial charge in [0, 0.05) is 38.5 Å². The molecule has 0 aliphatic rings. The number of thioether (sulfide) groups is 1. The van der Waals surface area contributed by atoms with Crippen LogP contribution in [0.4, 0.5) is 5.82 Å². The van der Waals surface area contributed by atoms with E-state index in [0.29, 0.717) is 35.6 Å². The van der Waals surface area contributed by atoms with Crippen molar-refractivity contribution in [1.29, 1.82) is 0 Å². The number of carbonyl (C=O) groups is 1. The number of methoxy groups -OCH3 is 1. The van der Waals surface area contributed by atoms with E-state index in [2.05, 4.69) is 34.0 Å². The Bertz CT molecular complexity index is 716. The van der Waals surface area contributed by atoms with Gasteiger partial charge in [0.1, 0.15) is 11.6 Å². The summed E-state index contributed by atoms with van der Waals surface area (Å²) in [6.45, 7) is 8.90. The van der Waals surface area contributed by atoms with E-state index in [1.807, 2.05) is 13.0 Å². The fourth-order valence-corrected chi connectivity index (χ4v) is 3.16. The Labute approximate surface area is 158 Å². The van der Waals surface area contributed by atoms with Crippen molar-refractivity contribution >= 4 is 23.5 Å². The Hall–Kier alpha value is -2.06. The molecule has 142 valence electrons. The third kappa shape index (κ3) is 5.74. The van der Waals surface area contributed by atoms with E-state index in [1.54, 1.807) is 19.2 Å². The van der Waals surface area contributed by atoms with E-state index < -0.39 is 0 Å². The molecule has 0 saturated heterocycles. The molecule has 0 aliphatic carbocycles. The van der Waals surface area contributed by atoms with E-state index >= 15 is 0 Å². The second-order valence-corrected chi connectivity index (χ2v) is 6.57. The predicted octanol–water partition coefficient (Wildman–Crippen LogP) is 2.89. The first-order chi connectivity index (χ1) is 12.6. The highest BCUT2D eigenvalue weighted by Gasteiger charge is 2.12. The molecule has 7 nitrogen and oxygen atoms in total. The molecule has 1 amide bonds. The smallest absolute Gasteiger partial charge is 0.287 e. The van der Waals surface area contributed by atoms with Gasteiger partial charge in [-0.3, -0.25) is 4.79 Å². The minimum Gasteiger partial charge on any atom is -0.455 e. The minimum absolute atomic E-state index is 0.242. The summed E-state index contributed by atoms with van der Waals surface area (Å²) < 4.78 is 10.5. The van der Waals surface area contributed by atoms with Crippen molar-refractivity contribution in [1.82, 2.24) is 15.3 Å². The van der Waals surface area contributed by atoms with Crippen LogP contribution in [-0.2, 0) is 10.5 Å². The molecule has 2 aromatic heterocycles. The number of anilines is 1. The lowest BCUT2D eigenvalue weighted by atomic mass is 10.4. The average molecular weight is 378 g/mol. The Balaban J connectivity index is 1.98. The van der Waals surface area contributed by atoms with Gasteiger partial charge in [-0.15, -0.1) is 0 Å². The van der Waals surface area contributed by atoms with Crippen LogP contribution in [0.3, 0.4) is 0 Å². The molecule has 2 heterocycles. The van der Waals surface area contributed by atoms with Gasteiger partial charge >= 0.3 is 0 Å². The Kier molecular flexibility index (Phi) is 7.93. The maximum Gasteiger partial charge on any atom is 0.287 e. The number of nitrogens with zero attached hydrogens (tertiary/aromatic N) is 3. The van der Waals surface area contributed by atoms with Crippen LogP contribution in [0.25, 0.3) is 0 Å². The number of nitrogens with one attached hydrogen (secondary N) is 1. The lowest BCUT2D eigenvalue weighted by Gasteiger charge is -2.20. The summed E-state index contributed by atoms with van der Waals surface area (Å²) in [7, 11) is 1.59. The predicted molar refractivity (Wildman–Crippen MR) is 103 cm³/mol. The fraction of sp³-hybridized carbons (Fsp3) is 0.500. The quantitative estimate of drug-likeness (QED) is 0.387. The molecule has 0 aliphatic heterocycles. The minimum atomic E-state index is -0.242. The topological polar surface area (TPSA) is 80.5 Å². The molecule has 0 unspecified atom stereocenters. The number of hydrogen-bond donors (Lipinski definition) is 1. The summed E-state index contributed by atoms with van der Waals surface area (Å²) >= 11 is 1.49. The Morgan fingerprint density at radius 3 is 2.77 bits per heavy atom. The van der Waals surface area contributed by atoms with E-state index in [4.69, 9.17) is 9.15 Å². The molecular formula is C18H26N4O3S. The third-order valence-corrected chi connectivity index (χ3v) is 4.60. The van der Waals surface area contributed by atoms with Crippen LogP contribution in [0.5, 0.6) is 0 Å². The molecule has 0 fully saturated rings. The van der Waals surface area contributed by atoms with Gasteiger partial charge in [0.05, 0.1) is 12.4 Å². The normalized spacial score (nSPS) is 10.8. The van der Waals surface area contributed by atoms with Crippen molar-refractivity contribution in [3.05, 3.63) is 35.4 Å². The van der Waals surface area contributed by atoms with Gasteiger partial charge in [0.15, 0.2) is 10.9 Å². The zero-order valence-corrected chi connectivity index (χ0v) is 16.6. The average Bonchev–Trinajstić information content (AvgIpc) is 3.10. The lowest BCUT2D eigenvalue weighted by Crippen LogP contribution is -2.26. The van der Waals surface area contributed by atoms with E-state index in [9.17, 15) is 4.79 Å². The van der Waals surface area contributed by atoms with E-state index in [-0.39, 0.29) is 5.91 Å². The van der Waals surface area contributed by atoms with Crippen LogP contribution in [0.15, 0.2) is 27.8 Å². The van der Waals surface area contributed by atoms with E-state index in [0.717, 1.165) is 24.6 Å². The number of furan rings is 1. The highest BCUT2D eigenvalue weighted by atomic mass is 32.2. The maximum atomic E-state index is 11.9. The summed E-state index contributed by atoms with van der Waals surface area (Å²) in [6, 6.07) is 5.47. The van der Waals surface area contributed by atoms with Gasteiger partial charge in [-0.25, -0.2) is 9.97 Å². The molecule has 0 bridgehead atoms. The molecule has 0 radical (unpaired) electrons. The summed E-state index contributed by atoms with van der Waals surface area (Å²) in [5.74, 6) is 2.26. The number of ether oxygens (including phenoxy) is 1.